The summed E-state index contributed by atoms with van der Waals surface area (Å²) in [6.07, 6.45) is 4.67. The number of amides is 3. The Hall–Kier alpha value is -3.07. The van der Waals surface area contributed by atoms with E-state index in [0.717, 1.165) is 36.3 Å². The third-order valence-corrected chi connectivity index (χ3v) is 5.70. The van der Waals surface area contributed by atoms with Crippen molar-refractivity contribution >= 4 is 17.7 Å². The van der Waals surface area contributed by atoms with Crippen LogP contribution in [0.1, 0.15) is 53.3 Å². The molecule has 3 aliphatic heterocycles. The quantitative estimate of drug-likeness (QED) is 0.749. The molecular weight excluding hydrogens is 360 g/mol. The predicted molar refractivity (Wildman–Crippen MR) is 97.4 cm³/mol. The summed E-state index contributed by atoms with van der Waals surface area (Å²) in [6.45, 7) is 1.36. The van der Waals surface area contributed by atoms with Gasteiger partial charge in [-0.1, -0.05) is 11.3 Å². The summed E-state index contributed by atoms with van der Waals surface area (Å²) in [4.78, 5) is 38.0. The zero-order valence-corrected chi connectivity index (χ0v) is 15.2. The van der Waals surface area contributed by atoms with Gasteiger partial charge >= 0.3 is 0 Å². The molecule has 2 N–H and O–H groups in total. The smallest absolute Gasteiger partial charge is 0.255 e. The zero-order valence-electron chi connectivity index (χ0n) is 15.2. The number of nitrogens with zero attached hydrogens (tertiary/aromatic N) is 4. The average Bonchev–Trinajstić information content (AvgIpc) is 3.42. The van der Waals surface area contributed by atoms with E-state index < -0.39 is 11.9 Å². The molecule has 144 valence electrons. The number of rotatable bonds is 3. The number of aromatic nitrogens is 3. The largest absolute Gasteiger partial charge is 0.322 e. The average molecular weight is 380 g/mol. The number of imide groups is 1. The maximum Gasteiger partial charge on any atom is 0.255 e. The number of fused-ring (bicyclic) bond motifs is 1. The first-order chi connectivity index (χ1) is 13.6. The number of nitrogens with one attached hydrogen (secondary N) is 2. The molecule has 2 aromatic rings. The van der Waals surface area contributed by atoms with E-state index in [-0.39, 0.29) is 24.3 Å². The van der Waals surface area contributed by atoms with Crippen molar-refractivity contribution in [1.29, 1.82) is 0 Å². The maximum absolute atomic E-state index is 12.9. The van der Waals surface area contributed by atoms with Crippen LogP contribution in [-0.2, 0) is 16.1 Å². The van der Waals surface area contributed by atoms with Crippen LogP contribution in [0, 0.1) is 0 Å². The molecule has 2 atom stereocenters. The minimum Gasteiger partial charge on any atom is -0.322 e. The molecule has 5 rings (SSSR count). The normalized spacial score (nSPS) is 24.6. The summed E-state index contributed by atoms with van der Waals surface area (Å²) >= 11 is 0. The monoisotopic (exact) mass is 380 g/mol. The van der Waals surface area contributed by atoms with E-state index in [1.165, 1.54) is 0 Å². The van der Waals surface area contributed by atoms with Crippen molar-refractivity contribution in [3.8, 4) is 5.69 Å². The molecule has 0 saturated carbocycles. The fourth-order valence-electron chi connectivity index (χ4n) is 4.18. The van der Waals surface area contributed by atoms with Gasteiger partial charge in [0.05, 0.1) is 17.9 Å². The predicted octanol–water partition coefficient (Wildman–Crippen LogP) is 0.453. The van der Waals surface area contributed by atoms with E-state index in [1.807, 2.05) is 18.3 Å². The van der Waals surface area contributed by atoms with Crippen molar-refractivity contribution in [3.63, 3.8) is 0 Å². The Balaban J connectivity index is 1.39. The van der Waals surface area contributed by atoms with Crippen LogP contribution < -0.4 is 10.6 Å². The molecule has 3 aliphatic rings. The second-order valence-electron chi connectivity index (χ2n) is 7.48. The number of benzene rings is 1. The van der Waals surface area contributed by atoms with Crippen molar-refractivity contribution in [2.24, 2.45) is 0 Å². The van der Waals surface area contributed by atoms with Crippen LogP contribution >= 0.6 is 0 Å². The van der Waals surface area contributed by atoms with Crippen molar-refractivity contribution in [2.45, 2.75) is 44.3 Å². The van der Waals surface area contributed by atoms with Crippen LogP contribution in [0.15, 0.2) is 24.4 Å². The van der Waals surface area contributed by atoms with Crippen molar-refractivity contribution in [2.75, 3.05) is 6.54 Å². The Kier molecular flexibility index (Phi) is 3.97. The third kappa shape index (κ3) is 2.78. The first-order valence-electron chi connectivity index (χ1n) is 9.54. The minimum atomic E-state index is -0.604. The number of carbonyl (C=O) groups is 3. The Morgan fingerprint density at radius 2 is 2.04 bits per heavy atom. The number of hydrogen-bond donors (Lipinski definition) is 2. The van der Waals surface area contributed by atoms with E-state index in [0.29, 0.717) is 18.5 Å². The lowest BCUT2D eigenvalue weighted by atomic mass is 10.0. The third-order valence-electron chi connectivity index (χ3n) is 5.70. The van der Waals surface area contributed by atoms with Crippen LogP contribution in [0.4, 0.5) is 0 Å². The van der Waals surface area contributed by atoms with E-state index >= 15 is 0 Å². The molecule has 1 aromatic heterocycles. The van der Waals surface area contributed by atoms with Crippen LogP contribution in [0.3, 0.4) is 0 Å². The highest BCUT2D eigenvalue weighted by Gasteiger charge is 2.39. The molecule has 1 aromatic carbocycles. The molecule has 4 heterocycles. The lowest BCUT2D eigenvalue weighted by Crippen LogP contribution is -2.52. The summed E-state index contributed by atoms with van der Waals surface area (Å²) in [5.74, 6) is -0.877. The van der Waals surface area contributed by atoms with Gasteiger partial charge in [-0.15, -0.1) is 5.10 Å². The van der Waals surface area contributed by atoms with Crippen LogP contribution in [0.5, 0.6) is 0 Å². The molecule has 28 heavy (non-hydrogen) atoms. The van der Waals surface area contributed by atoms with Gasteiger partial charge < -0.3 is 10.2 Å². The maximum atomic E-state index is 12.9. The molecule has 0 radical (unpaired) electrons. The number of piperidine rings is 1. The van der Waals surface area contributed by atoms with Crippen LogP contribution in [0.25, 0.3) is 5.69 Å². The highest BCUT2D eigenvalue weighted by atomic mass is 16.2. The zero-order chi connectivity index (χ0) is 19.3. The van der Waals surface area contributed by atoms with Crippen molar-refractivity contribution in [1.82, 2.24) is 30.5 Å². The molecule has 0 aliphatic carbocycles. The van der Waals surface area contributed by atoms with Gasteiger partial charge in [0.2, 0.25) is 11.8 Å². The summed E-state index contributed by atoms with van der Waals surface area (Å²) in [5, 5.41) is 14.2. The molecule has 2 saturated heterocycles. The Morgan fingerprint density at radius 1 is 1.14 bits per heavy atom. The van der Waals surface area contributed by atoms with Gasteiger partial charge in [-0.2, -0.15) is 0 Å². The number of hydrogen-bond acceptors (Lipinski definition) is 6. The molecule has 3 amide bonds. The van der Waals surface area contributed by atoms with Gasteiger partial charge in [-0.05, 0) is 43.5 Å². The lowest BCUT2D eigenvalue weighted by Gasteiger charge is -2.29. The first-order valence-corrected chi connectivity index (χ1v) is 9.54. The van der Waals surface area contributed by atoms with E-state index in [1.54, 1.807) is 15.6 Å². The summed E-state index contributed by atoms with van der Waals surface area (Å²) in [6, 6.07) is 5.22. The molecule has 9 nitrogen and oxygen atoms in total. The van der Waals surface area contributed by atoms with Gasteiger partial charge in [0.15, 0.2) is 0 Å². The second kappa shape index (κ2) is 6.52. The van der Waals surface area contributed by atoms with Crippen molar-refractivity contribution in [3.05, 3.63) is 41.2 Å². The first kappa shape index (κ1) is 17.1. The highest BCUT2D eigenvalue weighted by molar-refractivity contribution is 6.05. The van der Waals surface area contributed by atoms with Crippen LogP contribution in [0.2, 0.25) is 0 Å². The summed E-state index contributed by atoms with van der Waals surface area (Å²) in [5.41, 5.74) is 3.10. The topological polar surface area (TPSA) is 109 Å². The molecular formula is C19H20N6O3. The van der Waals surface area contributed by atoms with Gasteiger partial charge in [0.1, 0.15) is 11.7 Å². The van der Waals surface area contributed by atoms with Gasteiger partial charge in [-0.25, -0.2) is 4.68 Å². The van der Waals surface area contributed by atoms with E-state index in [9.17, 15) is 14.4 Å². The molecule has 0 bridgehead atoms. The SMILES string of the molecule is O=C1CCC(N2Cc3ccc(-n4cc(C5CCCN5)nn4)cc3C2=O)C(=O)N1. The second-order valence-corrected chi connectivity index (χ2v) is 7.48. The molecule has 0 spiro atoms. The van der Waals surface area contributed by atoms with Gasteiger partial charge in [0, 0.05) is 18.5 Å². The van der Waals surface area contributed by atoms with Gasteiger partial charge in [-0.3, -0.25) is 19.7 Å². The van der Waals surface area contributed by atoms with Gasteiger partial charge in [0.25, 0.3) is 5.91 Å². The highest BCUT2D eigenvalue weighted by Crippen LogP contribution is 2.29. The Morgan fingerprint density at radius 3 is 2.82 bits per heavy atom. The fraction of sp³-hybridized carbons (Fsp3) is 0.421. The van der Waals surface area contributed by atoms with Crippen molar-refractivity contribution < 1.29 is 14.4 Å². The van der Waals surface area contributed by atoms with E-state index in [2.05, 4.69) is 20.9 Å². The minimum absolute atomic E-state index is 0.191. The van der Waals surface area contributed by atoms with Crippen LogP contribution in [-0.4, -0.2) is 50.2 Å². The summed E-state index contributed by atoms with van der Waals surface area (Å²) in [7, 11) is 0. The Labute approximate surface area is 161 Å². The lowest BCUT2D eigenvalue weighted by molar-refractivity contribution is -0.136. The van der Waals surface area contributed by atoms with E-state index in [4.69, 9.17) is 0 Å². The number of carbonyl (C=O) groups excluding carboxylic acids is 3. The standard InChI is InChI=1S/C19H20N6O3/c26-17-6-5-16(18(27)21-17)24-9-11-3-4-12(8-13(11)19(24)28)25-10-15(22-23-25)14-2-1-7-20-14/h3-4,8,10,14,16,20H,1-2,5-7,9H2,(H,21,26,27). The Bertz CT molecular complexity index is 978. The molecule has 2 fully saturated rings. The molecule has 9 heteroatoms. The molecule has 2 unspecified atom stereocenters. The summed E-state index contributed by atoms with van der Waals surface area (Å²) < 4.78 is 1.68. The fourth-order valence-corrected chi connectivity index (χ4v) is 4.18.